The Labute approximate surface area is 182 Å². The second-order valence-electron chi connectivity index (χ2n) is 6.34. The maximum absolute atomic E-state index is 11.6. The summed E-state index contributed by atoms with van der Waals surface area (Å²) >= 11 is 7.43. The zero-order valence-electron chi connectivity index (χ0n) is 16.1. The van der Waals surface area contributed by atoms with Crippen LogP contribution in [0.3, 0.4) is 0 Å². The number of ether oxygens (including phenoxy) is 2. The fourth-order valence-electron chi connectivity index (χ4n) is 3.01. The maximum atomic E-state index is 11.6. The summed E-state index contributed by atoms with van der Waals surface area (Å²) in [5, 5.41) is 11.8. The molecule has 1 aromatic heterocycles. The number of carbonyl (C=O) groups is 1. The average molecular weight is 440 g/mol. The van der Waals surface area contributed by atoms with Gasteiger partial charge in [-0.05, 0) is 29.7 Å². The van der Waals surface area contributed by atoms with E-state index in [-0.39, 0.29) is 18.3 Å². The van der Waals surface area contributed by atoms with Gasteiger partial charge in [-0.2, -0.15) is 0 Å². The molecule has 0 saturated heterocycles. The molecule has 1 heterocycles. The van der Waals surface area contributed by atoms with Crippen molar-refractivity contribution in [2.45, 2.75) is 11.8 Å². The number of rotatable bonds is 7. The lowest BCUT2D eigenvalue weighted by Gasteiger charge is -2.12. The molecule has 4 rings (SSSR count). The van der Waals surface area contributed by atoms with E-state index >= 15 is 0 Å². The number of esters is 1. The van der Waals surface area contributed by atoms with Crippen LogP contribution in [0.4, 0.5) is 0 Å². The van der Waals surface area contributed by atoms with Crippen molar-refractivity contribution in [3.8, 4) is 11.4 Å². The molecule has 0 fully saturated rings. The van der Waals surface area contributed by atoms with Crippen LogP contribution in [-0.4, -0.2) is 33.6 Å². The number of hydrogen-bond donors (Lipinski definition) is 0. The van der Waals surface area contributed by atoms with E-state index in [1.54, 1.807) is 6.07 Å². The molecule has 0 N–H and O–H groups in total. The first-order chi connectivity index (χ1) is 14.7. The molecule has 0 aliphatic rings. The summed E-state index contributed by atoms with van der Waals surface area (Å²) in [7, 11) is 1.36. The van der Waals surface area contributed by atoms with Crippen LogP contribution in [0.25, 0.3) is 16.5 Å². The molecule has 152 valence electrons. The van der Waals surface area contributed by atoms with Crippen molar-refractivity contribution in [3.05, 3.63) is 77.6 Å². The van der Waals surface area contributed by atoms with Gasteiger partial charge in [-0.15, -0.1) is 10.2 Å². The van der Waals surface area contributed by atoms with Gasteiger partial charge in [0.25, 0.3) is 0 Å². The second-order valence-corrected chi connectivity index (χ2v) is 7.72. The molecule has 0 amide bonds. The summed E-state index contributed by atoms with van der Waals surface area (Å²) in [5.41, 5.74) is 0.788. The van der Waals surface area contributed by atoms with Crippen molar-refractivity contribution in [1.82, 2.24) is 14.8 Å². The number of carbonyl (C=O) groups excluding carboxylic acids is 1. The van der Waals surface area contributed by atoms with Crippen LogP contribution < -0.4 is 4.74 Å². The van der Waals surface area contributed by atoms with Crippen molar-refractivity contribution < 1.29 is 14.3 Å². The van der Waals surface area contributed by atoms with Crippen molar-refractivity contribution in [3.63, 3.8) is 0 Å². The van der Waals surface area contributed by atoms with E-state index in [1.165, 1.54) is 18.9 Å². The Balaban J connectivity index is 1.65. The van der Waals surface area contributed by atoms with Gasteiger partial charge in [0, 0.05) is 10.4 Å². The lowest BCUT2D eigenvalue weighted by molar-refractivity contribution is -0.137. The summed E-state index contributed by atoms with van der Waals surface area (Å²) in [6, 6.07) is 21.3. The van der Waals surface area contributed by atoms with Crippen molar-refractivity contribution in [1.29, 1.82) is 0 Å². The van der Waals surface area contributed by atoms with Gasteiger partial charge in [0.1, 0.15) is 12.4 Å². The molecular formula is C22H18ClN3O3S. The lowest BCUT2D eigenvalue weighted by Crippen LogP contribution is -2.08. The minimum Gasteiger partial charge on any atom is -0.485 e. The Morgan fingerprint density at radius 2 is 1.87 bits per heavy atom. The molecule has 0 saturated carbocycles. The summed E-state index contributed by atoms with van der Waals surface area (Å²) in [5.74, 6) is 1.14. The van der Waals surface area contributed by atoms with Gasteiger partial charge in [0.2, 0.25) is 0 Å². The minimum atomic E-state index is -0.339. The highest BCUT2D eigenvalue weighted by Crippen LogP contribution is 2.28. The highest BCUT2D eigenvalue weighted by molar-refractivity contribution is 7.99. The molecule has 8 heteroatoms. The Morgan fingerprint density at radius 3 is 2.70 bits per heavy atom. The molecule has 0 aliphatic heterocycles. The van der Waals surface area contributed by atoms with E-state index in [0.717, 1.165) is 22.2 Å². The average Bonchev–Trinajstić information content (AvgIpc) is 3.18. The molecule has 0 atom stereocenters. The number of aromatic nitrogens is 3. The van der Waals surface area contributed by atoms with E-state index in [2.05, 4.69) is 10.2 Å². The first-order valence-electron chi connectivity index (χ1n) is 9.16. The molecule has 0 unspecified atom stereocenters. The van der Waals surface area contributed by atoms with Gasteiger partial charge in [-0.25, -0.2) is 0 Å². The van der Waals surface area contributed by atoms with Crippen LogP contribution in [0.5, 0.6) is 5.75 Å². The summed E-state index contributed by atoms with van der Waals surface area (Å²) in [6.45, 7) is 0.201. The van der Waals surface area contributed by atoms with Crippen LogP contribution in [0.2, 0.25) is 5.02 Å². The van der Waals surface area contributed by atoms with Crippen molar-refractivity contribution in [2.75, 3.05) is 12.9 Å². The maximum Gasteiger partial charge on any atom is 0.316 e. The first kappa shape index (κ1) is 20.3. The number of thioether (sulfide) groups is 1. The fraction of sp³-hybridized carbons (Fsp3) is 0.136. The van der Waals surface area contributed by atoms with Crippen LogP contribution in [0, 0.1) is 0 Å². The van der Waals surface area contributed by atoms with E-state index in [4.69, 9.17) is 21.1 Å². The van der Waals surface area contributed by atoms with E-state index in [0.29, 0.717) is 16.0 Å². The number of methoxy groups -OCH3 is 1. The third kappa shape index (κ3) is 4.42. The number of fused-ring (bicyclic) bond motifs is 1. The van der Waals surface area contributed by atoms with Crippen LogP contribution in [-0.2, 0) is 16.1 Å². The monoisotopic (exact) mass is 439 g/mol. The fourth-order valence-corrected chi connectivity index (χ4v) is 4.00. The largest absolute Gasteiger partial charge is 0.485 e. The molecule has 0 bridgehead atoms. The minimum absolute atomic E-state index is 0.124. The number of nitrogens with zero attached hydrogens (tertiary/aromatic N) is 3. The highest BCUT2D eigenvalue weighted by Gasteiger charge is 2.17. The van der Waals surface area contributed by atoms with Gasteiger partial charge in [0.15, 0.2) is 11.0 Å². The zero-order chi connectivity index (χ0) is 20.9. The predicted molar refractivity (Wildman–Crippen MR) is 117 cm³/mol. The van der Waals surface area contributed by atoms with Gasteiger partial charge >= 0.3 is 5.97 Å². The summed E-state index contributed by atoms with van der Waals surface area (Å²) in [4.78, 5) is 11.6. The van der Waals surface area contributed by atoms with Gasteiger partial charge in [0.05, 0.1) is 18.6 Å². The molecule has 0 aliphatic carbocycles. The zero-order valence-corrected chi connectivity index (χ0v) is 17.7. The van der Waals surface area contributed by atoms with Gasteiger partial charge in [-0.1, -0.05) is 65.8 Å². The Bertz CT molecular complexity index is 1190. The third-order valence-electron chi connectivity index (χ3n) is 4.42. The van der Waals surface area contributed by atoms with Gasteiger partial charge < -0.3 is 9.47 Å². The Hall–Kier alpha value is -3.03. The molecule has 3 aromatic carbocycles. The molecule has 0 spiro atoms. The summed E-state index contributed by atoms with van der Waals surface area (Å²) < 4.78 is 12.7. The SMILES string of the molecule is COC(=O)CSc1nnc(COc2cccc3ccccc23)n1-c1cccc(Cl)c1. The smallest absolute Gasteiger partial charge is 0.316 e. The van der Waals surface area contributed by atoms with Crippen molar-refractivity contribution >= 4 is 40.1 Å². The summed E-state index contributed by atoms with van der Waals surface area (Å²) in [6.07, 6.45) is 0. The molecule has 6 nitrogen and oxygen atoms in total. The molecular weight excluding hydrogens is 422 g/mol. The van der Waals surface area contributed by atoms with Crippen LogP contribution >= 0.6 is 23.4 Å². The second kappa shape index (κ2) is 9.19. The lowest BCUT2D eigenvalue weighted by atomic mass is 10.1. The molecule has 0 radical (unpaired) electrons. The number of benzene rings is 3. The quantitative estimate of drug-likeness (QED) is 0.301. The van der Waals surface area contributed by atoms with E-state index in [1.807, 2.05) is 65.2 Å². The number of halogens is 1. The topological polar surface area (TPSA) is 66.2 Å². The molecule has 30 heavy (non-hydrogen) atoms. The van der Waals surface area contributed by atoms with E-state index < -0.39 is 0 Å². The van der Waals surface area contributed by atoms with Gasteiger partial charge in [-0.3, -0.25) is 9.36 Å². The normalized spacial score (nSPS) is 10.9. The van der Waals surface area contributed by atoms with Crippen LogP contribution in [0.15, 0.2) is 71.9 Å². The van der Waals surface area contributed by atoms with E-state index in [9.17, 15) is 4.79 Å². The predicted octanol–water partition coefficient (Wildman–Crippen LogP) is 4.92. The third-order valence-corrected chi connectivity index (χ3v) is 5.56. The van der Waals surface area contributed by atoms with Crippen LogP contribution in [0.1, 0.15) is 5.82 Å². The Kier molecular flexibility index (Phi) is 6.21. The Morgan fingerprint density at radius 1 is 1.07 bits per heavy atom. The highest BCUT2D eigenvalue weighted by atomic mass is 35.5. The number of hydrogen-bond acceptors (Lipinski definition) is 6. The molecule has 4 aromatic rings. The van der Waals surface area contributed by atoms with Crippen molar-refractivity contribution in [2.24, 2.45) is 0 Å². The first-order valence-corrected chi connectivity index (χ1v) is 10.5. The standard InChI is InChI=1S/C22H18ClN3O3S/c1-28-21(27)14-30-22-25-24-20(26(22)17-9-5-8-16(23)12-17)13-29-19-11-4-7-15-6-2-3-10-18(15)19/h2-12H,13-14H2,1H3.